The fraction of sp³-hybridized carbons (Fsp3) is 0.600. The lowest BCUT2D eigenvalue weighted by Crippen LogP contribution is -2.45. The first kappa shape index (κ1) is 12.6. The smallest absolute Gasteiger partial charge is 0.222 e. The predicted octanol–water partition coefficient (Wildman–Crippen LogP) is 1.67. The number of piperidine rings is 1. The molecule has 0 saturated carbocycles. The maximum Gasteiger partial charge on any atom is 0.222 e. The topological polar surface area (TPSA) is 36.4 Å². The zero-order valence-corrected chi connectivity index (χ0v) is 11.3. The molecule has 0 spiro atoms. The van der Waals surface area contributed by atoms with Crippen LogP contribution in [0.25, 0.3) is 0 Å². The van der Waals surface area contributed by atoms with Crippen molar-refractivity contribution in [1.82, 2.24) is 14.8 Å². The first-order valence-electron chi connectivity index (χ1n) is 7.23. The van der Waals surface area contributed by atoms with E-state index in [0.717, 1.165) is 51.9 Å². The van der Waals surface area contributed by atoms with Gasteiger partial charge in [0, 0.05) is 51.0 Å². The molecule has 4 heteroatoms. The van der Waals surface area contributed by atoms with Crippen LogP contribution in [0.15, 0.2) is 24.5 Å². The third-order valence-corrected chi connectivity index (χ3v) is 4.24. The Morgan fingerprint density at radius 1 is 1.26 bits per heavy atom. The minimum atomic E-state index is 0.366. The van der Waals surface area contributed by atoms with Gasteiger partial charge in [-0.2, -0.15) is 0 Å². The summed E-state index contributed by atoms with van der Waals surface area (Å²) in [5.41, 5.74) is 1.28. The highest BCUT2D eigenvalue weighted by Gasteiger charge is 2.30. The molecule has 0 bridgehead atoms. The van der Waals surface area contributed by atoms with E-state index in [4.69, 9.17) is 0 Å². The minimum Gasteiger partial charge on any atom is -0.340 e. The molecule has 3 heterocycles. The molecular weight excluding hydrogens is 238 g/mol. The average molecular weight is 259 g/mol. The molecule has 2 aliphatic rings. The van der Waals surface area contributed by atoms with Gasteiger partial charge in [0.15, 0.2) is 0 Å². The molecule has 2 aliphatic heterocycles. The molecule has 0 aliphatic carbocycles. The monoisotopic (exact) mass is 259 g/mol. The normalized spacial score (nSPS) is 22.1. The van der Waals surface area contributed by atoms with Gasteiger partial charge < -0.3 is 4.90 Å². The van der Waals surface area contributed by atoms with Gasteiger partial charge in [0.05, 0.1) is 0 Å². The van der Waals surface area contributed by atoms with Crippen LogP contribution in [0.1, 0.15) is 31.2 Å². The van der Waals surface area contributed by atoms with Crippen molar-refractivity contribution in [3.8, 4) is 0 Å². The molecule has 2 fully saturated rings. The maximum absolute atomic E-state index is 11.8. The van der Waals surface area contributed by atoms with Gasteiger partial charge in [-0.3, -0.25) is 14.7 Å². The van der Waals surface area contributed by atoms with E-state index in [1.54, 1.807) is 0 Å². The number of hydrogen-bond donors (Lipinski definition) is 0. The van der Waals surface area contributed by atoms with E-state index in [-0.39, 0.29) is 0 Å². The molecule has 0 radical (unpaired) electrons. The SMILES string of the molecule is O=C1CCCN1C1CCN(Cc2cccnc2)CC1. The molecular formula is C15H21N3O. The summed E-state index contributed by atoms with van der Waals surface area (Å²) in [4.78, 5) is 20.5. The molecule has 1 aromatic rings. The number of amides is 1. The summed E-state index contributed by atoms with van der Waals surface area (Å²) >= 11 is 0. The first-order valence-corrected chi connectivity index (χ1v) is 7.23. The zero-order chi connectivity index (χ0) is 13.1. The summed E-state index contributed by atoms with van der Waals surface area (Å²) in [6.07, 6.45) is 7.80. The molecule has 3 rings (SSSR count). The van der Waals surface area contributed by atoms with Crippen LogP contribution in [0.3, 0.4) is 0 Å². The van der Waals surface area contributed by atoms with Crippen molar-refractivity contribution < 1.29 is 4.79 Å². The van der Waals surface area contributed by atoms with Crippen LogP contribution in [0.5, 0.6) is 0 Å². The second-order valence-corrected chi connectivity index (χ2v) is 5.56. The zero-order valence-electron chi connectivity index (χ0n) is 11.3. The molecule has 1 aromatic heterocycles. The highest BCUT2D eigenvalue weighted by atomic mass is 16.2. The van der Waals surface area contributed by atoms with Gasteiger partial charge in [0.2, 0.25) is 5.91 Å². The van der Waals surface area contributed by atoms with Crippen LogP contribution in [0, 0.1) is 0 Å². The van der Waals surface area contributed by atoms with Gasteiger partial charge >= 0.3 is 0 Å². The summed E-state index contributed by atoms with van der Waals surface area (Å²) < 4.78 is 0. The van der Waals surface area contributed by atoms with E-state index in [9.17, 15) is 4.79 Å². The lowest BCUT2D eigenvalue weighted by atomic mass is 10.0. The van der Waals surface area contributed by atoms with E-state index >= 15 is 0 Å². The Morgan fingerprint density at radius 3 is 2.74 bits per heavy atom. The third kappa shape index (κ3) is 2.95. The molecule has 4 nitrogen and oxygen atoms in total. The highest BCUT2D eigenvalue weighted by Crippen LogP contribution is 2.22. The van der Waals surface area contributed by atoms with Crippen molar-refractivity contribution in [2.24, 2.45) is 0 Å². The highest BCUT2D eigenvalue weighted by molar-refractivity contribution is 5.78. The van der Waals surface area contributed by atoms with Crippen LogP contribution in [-0.4, -0.2) is 46.4 Å². The van der Waals surface area contributed by atoms with Gasteiger partial charge in [-0.15, -0.1) is 0 Å². The predicted molar refractivity (Wildman–Crippen MR) is 73.5 cm³/mol. The van der Waals surface area contributed by atoms with Crippen LogP contribution < -0.4 is 0 Å². The van der Waals surface area contributed by atoms with Crippen molar-refractivity contribution in [3.05, 3.63) is 30.1 Å². The largest absolute Gasteiger partial charge is 0.340 e. The van der Waals surface area contributed by atoms with Gasteiger partial charge in [0.25, 0.3) is 0 Å². The Kier molecular flexibility index (Phi) is 3.78. The van der Waals surface area contributed by atoms with E-state index < -0.39 is 0 Å². The van der Waals surface area contributed by atoms with E-state index in [0.29, 0.717) is 11.9 Å². The van der Waals surface area contributed by atoms with Crippen LogP contribution >= 0.6 is 0 Å². The standard InChI is InChI=1S/C15H21N3O/c19-15-4-2-8-18(15)14-5-9-17(10-6-14)12-13-3-1-7-16-11-13/h1,3,7,11,14H,2,4-6,8-10,12H2. The lowest BCUT2D eigenvalue weighted by Gasteiger charge is -2.36. The molecule has 1 amide bonds. The summed E-state index contributed by atoms with van der Waals surface area (Å²) in [6.45, 7) is 4.13. The number of hydrogen-bond acceptors (Lipinski definition) is 3. The molecule has 2 saturated heterocycles. The van der Waals surface area contributed by atoms with Gasteiger partial charge in [-0.25, -0.2) is 0 Å². The molecule has 0 N–H and O–H groups in total. The van der Waals surface area contributed by atoms with Crippen molar-refractivity contribution in [1.29, 1.82) is 0 Å². The van der Waals surface area contributed by atoms with Crippen LogP contribution in [0.2, 0.25) is 0 Å². The van der Waals surface area contributed by atoms with Gasteiger partial charge in [-0.05, 0) is 30.9 Å². The Morgan fingerprint density at radius 2 is 2.11 bits per heavy atom. The van der Waals surface area contributed by atoms with E-state index in [2.05, 4.69) is 20.9 Å². The Balaban J connectivity index is 1.51. The van der Waals surface area contributed by atoms with E-state index in [1.165, 1.54) is 5.56 Å². The second kappa shape index (κ2) is 5.70. The number of carbonyl (C=O) groups excluding carboxylic acids is 1. The lowest BCUT2D eigenvalue weighted by molar-refractivity contribution is -0.130. The molecule has 102 valence electrons. The van der Waals surface area contributed by atoms with Gasteiger partial charge in [0.1, 0.15) is 0 Å². The van der Waals surface area contributed by atoms with Crippen molar-refractivity contribution in [2.45, 2.75) is 38.3 Å². The summed E-state index contributed by atoms with van der Waals surface area (Å²) in [5, 5.41) is 0. The number of rotatable bonds is 3. The molecule has 0 unspecified atom stereocenters. The fourth-order valence-corrected chi connectivity index (χ4v) is 3.19. The number of pyridine rings is 1. The number of likely N-dealkylation sites (tertiary alicyclic amines) is 2. The van der Waals surface area contributed by atoms with Crippen LogP contribution in [0.4, 0.5) is 0 Å². The number of aromatic nitrogens is 1. The summed E-state index contributed by atoms with van der Waals surface area (Å²) in [7, 11) is 0. The first-order chi connectivity index (χ1) is 9.33. The van der Waals surface area contributed by atoms with Crippen molar-refractivity contribution in [2.75, 3.05) is 19.6 Å². The minimum absolute atomic E-state index is 0.366. The van der Waals surface area contributed by atoms with Gasteiger partial charge in [-0.1, -0.05) is 6.07 Å². The fourth-order valence-electron chi connectivity index (χ4n) is 3.19. The molecule has 0 aromatic carbocycles. The Labute approximate surface area is 114 Å². The Bertz CT molecular complexity index is 426. The maximum atomic E-state index is 11.8. The van der Waals surface area contributed by atoms with Crippen LogP contribution in [-0.2, 0) is 11.3 Å². The van der Waals surface area contributed by atoms with Crippen molar-refractivity contribution in [3.63, 3.8) is 0 Å². The molecule has 19 heavy (non-hydrogen) atoms. The number of carbonyl (C=O) groups is 1. The second-order valence-electron chi connectivity index (χ2n) is 5.56. The average Bonchev–Trinajstić information content (AvgIpc) is 2.87. The summed E-state index contributed by atoms with van der Waals surface area (Å²) in [5.74, 6) is 0.366. The summed E-state index contributed by atoms with van der Waals surface area (Å²) in [6, 6.07) is 4.61. The van der Waals surface area contributed by atoms with E-state index in [1.807, 2.05) is 18.5 Å². The Hall–Kier alpha value is -1.42. The van der Waals surface area contributed by atoms with Crippen molar-refractivity contribution >= 4 is 5.91 Å². The molecule has 0 atom stereocenters. The number of nitrogens with zero attached hydrogens (tertiary/aromatic N) is 3. The third-order valence-electron chi connectivity index (χ3n) is 4.24. The quantitative estimate of drug-likeness (QED) is 0.828.